The third kappa shape index (κ3) is 4.40. The number of phenolic OH excluding ortho intramolecular Hbond substituents is 1. The SMILES string of the molecule is CC[C@@H](Nc1no[n+]([O-])c1Nc1ccc(Cl)c(S(=O)(=O)N(C)C)c1O)c1ccc(C)o1. The lowest BCUT2D eigenvalue weighted by Gasteiger charge is -2.16. The van der Waals surface area contributed by atoms with Gasteiger partial charge < -0.3 is 24.7 Å². The zero-order valence-electron chi connectivity index (χ0n) is 17.2. The van der Waals surface area contributed by atoms with Crippen molar-refractivity contribution in [1.82, 2.24) is 9.46 Å². The summed E-state index contributed by atoms with van der Waals surface area (Å²) in [7, 11) is -1.45. The highest BCUT2D eigenvalue weighted by molar-refractivity contribution is 7.89. The van der Waals surface area contributed by atoms with Crippen molar-refractivity contribution >= 4 is 38.9 Å². The molecule has 0 unspecified atom stereocenters. The van der Waals surface area contributed by atoms with Gasteiger partial charge in [-0.3, -0.25) is 5.32 Å². The predicted octanol–water partition coefficient (Wildman–Crippen LogP) is 3.13. The summed E-state index contributed by atoms with van der Waals surface area (Å²) in [6, 6.07) is 5.92. The van der Waals surface area contributed by atoms with Crippen LogP contribution in [0.15, 0.2) is 38.2 Å². The van der Waals surface area contributed by atoms with E-state index in [0.717, 1.165) is 10.1 Å². The number of anilines is 3. The fourth-order valence-electron chi connectivity index (χ4n) is 2.83. The lowest BCUT2D eigenvalue weighted by atomic mass is 10.2. The summed E-state index contributed by atoms with van der Waals surface area (Å²) >= 11 is 6.02. The lowest BCUT2D eigenvalue weighted by molar-refractivity contribution is -0.790. The Balaban J connectivity index is 1.97. The average Bonchev–Trinajstić information content (AvgIpc) is 3.28. The molecule has 13 heteroatoms. The van der Waals surface area contributed by atoms with Gasteiger partial charge >= 0.3 is 5.82 Å². The zero-order chi connectivity index (χ0) is 22.9. The van der Waals surface area contributed by atoms with Crippen molar-refractivity contribution in [2.24, 2.45) is 0 Å². The minimum Gasteiger partial charge on any atom is -0.503 e. The first-order valence-electron chi connectivity index (χ1n) is 9.19. The van der Waals surface area contributed by atoms with Gasteiger partial charge in [-0.2, -0.15) is 0 Å². The predicted molar refractivity (Wildman–Crippen MR) is 113 cm³/mol. The normalized spacial score (nSPS) is 12.8. The van der Waals surface area contributed by atoms with E-state index in [0.29, 0.717) is 12.2 Å². The van der Waals surface area contributed by atoms with Gasteiger partial charge in [0.05, 0.1) is 11.1 Å². The summed E-state index contributed by atoms with van der Waals surface area (Å²) < 4.78 is 36.3. The van der Waals surface area contributed by atoms with Crippen LogP contribution in [0.4, 0.5) is 17.3 Å². The van der Waals surface area contributed by atoms with Gasteiger partial charge in [-0.25, -0.2) is 12.7 Å². The monoisotopic (exact) mass is 471 g/mol. The molecule has 0 aliphatic heterocycles. The molecule has 2 heterocycles. The van der Waals surface area contributed by atoms with Crippen molar-refractivity contribution in [1.29, 1.82) is 0 Å². The minimum atomic E-state index is -4.06. The summed E-state index contributed by atoms with van der Waals surface area (Å²) in [6.45, 7) is 3.73. The van der Waals surface area contributed by atoms with E-state index in [9.17, 15) is 18.7 Å². The van der Waals surface area contributed by atoms with E-state index in [1.807, 2.05) is 19.9 Å². The Hall–Kier alpha value is -2.96. The number of aromatic nitrogens is 2. The molecule has 3 rings (SSSR count). The lowest BCUT2D eigenvalue weighted by Crippen LogP contribution is -2.27. The number of hydrogen-bond acceptors (Lipinski definition) is 9. The van der Waals surface area contributed by atoms with E-state index in [-0.39, 0.29) is 33.3 Å². The topological polar surface area (TPSA) is 148 Å². The summed E-state index contributed by atoms with van der Waals surface area (Å²) in [6.07, 6.45) is 0.607. The molecular weight excluding hydrogens is 450 g/mol. The maximum absolute atomic E-state index is 12.5. The summed E-state index contributed by atoms with van der Waals surface area (Å²) in [5.41, 5.74) is -0.0810. The fraction of sp³-hybridized carbons (Fsp3) is 0.333. The van der Waals surface area contributed by atoms with Crippen LogP contribution in [0.25, 0.3) is 0 Å². The molecule has 1 aromatic carbocycles. The Bertz CT molecular complexity index is 1190. The van der Waals surface area contributed by atoms with Crippen molar-refractivity contribution in [3.63, 3.8) is 0 Å². The first kappa shape index (κ1) is 22.7. The number of aryl methyl sites for hydroxylation is 1. The number of furan rings is 1. The molecule has 0 saturated heterocycles. The van der Waals surface area contributed by atoms with Gasteiger partial charge in [-0.15, -0.1) is 0 Å². The number of hydrogen-bond donors (Lipinski definition) is 3. The van der Waals surface area contributed by atoms with E-state index in [1.54, 1.807) is 6.07 Å². The van der Waals surface area contributed by atoms with Crippen LogP contribution in [0.3, 0.4) is 0 Å². The summed E-state index contributed by atoms with van der Waals surface area (Å²) in [5.74, 6) is 0.574. The number of nitrogens with zero attached hydrogens (tertiary/aromatic N) is 3. The second-order valence-electron chi connectivity index (χ2n) is 6.87. The molecule has 11 nitrogen and oxygen atoms in total. The number of nitrogens with one attached hydrogen (secondary N) is 2. The van der Waals surface area contributed by atoms with Crippen LogP contribution in [0.2, 0.25) is 5.02 Å². The number of phenols is 1. The van der Waals surface area contributed by atoms with E-state index in [2.05, 4.69) is 20.4 Å². The number of rotatable bonds is 8. The van der Waals surface area contributed by atoms with Crippen LogP contribution in [-0.2, 0) is 10.0 Å². The summed E-state index contributed by atoms with van der Waals surface area (Å²) in [4.78, 5) is -0.401. The van der Waals surface area contributed by atoms with Crippen LogP contribution >= 0.6 is 11.6 Å². The van der Waals surface area contributed by atoms with Crippen molar-refractivity contribution in [3.05, 3.63) is 46.0 Å². The second kappa shape index (κ2) is 8.65. The van der Waals surface area contributed by atoms with Crippen LogP contribution in [-0.4, -0.2) is 37.1 Å². The van der Waals surface area contributed by atoms with Gasteiger partial charge in [-0.1, -0.05) is 23.4 Å². The molecule has 2 aromatic heterocycles. The van der Waals surface area contributed by atoms with Gasteiger partial charge in [0.25, 0.3) is 5.82 Å². The molecule has 0 radical (unpaired) electrons. The largest absolute Gasteiger partial charge is 0.503 e. The Morgan fingerprint density at radius 2 is 2.03 bits per heavy atom. The smallest absolute Gasteiger partial charge is 0.324 e. The van der Waals surface area contributed by atoms with Crippen LogP contribution < -0.4 is 15.5 Å². The Morgan fingerprint density at radius 1 is 1.32 bits per heavy atom. The average molecular weight is 472 g/mol. The zero-order valence-corrected chi connectivity index (χ0v) is 18.8. The van der Waals surface area contributed by atoms with Gasteiger partial charge in [0.2, 0.25) is 10.0 Å². The third-order valence-corrected chi connectivity index (χ3v) is 6.83. The standard InChI is InChI=1S/C18H22ClN5O6S/c1-5-12(14-9-6-10(2)29-14)20-17-18(24(26)30-22-17)21-13-8-7-11(19)16(15(13)25)31(27,28)23(3)4/h6-9,12,21,25H,5H2,1-4H3,(H,20,22)/t12-/m1/s1. The molecule has 168 valence electrons. The van der Waals surface area contributed by atoms with Gasteiger partial charge in [0.1, 0.15) is 22.1 Å². The molecule has 3 N–H and O–H groups in total. The fourth-order valence-corrected chi connectivity index (χ4v) is 4.31. The molecule has 31 heavy (non-hydrogen) atoms. The number of halogens is 1. The van der Waals surface area contributed by atoms with Gasteiger partial charge in [0, 0.05) is 14.1 Å². The number of sulfonamides is 1. The van der Waals surface area contributed by atoms with Gasteiger partial charge in [0.15, 0.2) is 5.75 Å². The third-order valence-electron chi connectivity index (χ3n) is 4.51. The van der Waals surface area contributed by atoms with Crippen LogP contribution in [0, 0.1) is 12.1 Å². The van der Waals surface area contributed by atoms with Gasteiger partial charge in [-0.05, 0) is 42.8 Å². The van der Waals surface area contributed by atoms with E-state index < -0.39 is 20.7 Å². The molecular formula is C18H22ClN5O6S. The second-order valence-corrected chi connectivity index (χ2v) is 9.36. The molecule has 0 fully saturated rings. The number of aromatic hydroxyl groups is 1. The molecule has 0 bridgehead atoms. The van der Waals surface area contributed by atoms with E-state index >= 15 is 0 Å². The highest BCUT2D eigenvalue weighted by Gasteiger charge is 2.30. The van der Waals surface area contributed by atoms with Crippen molar-refractivity contribution in [3.8, 4) is 5.75 Å². The Morgan fingerprint density at radius 3 is 2.61 bits per heavy atom. The van der Waals surface area contributed by atoms with Crippen molar-refractivity contribution in [2.45, 2.75) is 31.2 Å². The van der Waals surface area contributed by atoms with E-state index in [1.165, 1.54) is 26.2 Å². The van der Waals surface area contributed by atoms with Crippen molar-refractivity contribution in [2.75, 3.05) is 24.7 Å². The minimum absolute atomic E-state index is 0.0438. The summed E-state index contributed by atoms with van der Waals surface area (Å²) in [5, 5.41) is 32.0. The molecule has 1 atom stereocenters. The molecule has 0 amide bonds. The van der Waals surface area contributed by atoms with E-state index in [4.69, 9.17) is 16.0 Å². The maximum Gasteiger partial charge on any atom is 0.324 e. The number of benzene rings is 1. The quantitative estimate of drug-likeness (QED) is 0.332. The van der Waals surface area contributed by atoms with Crippen molar-refractivity contribution < 1.29 is 27.5 Å². The van der Waals surface area contributed by atoms with Crippen LogP contribution in [0.1, 0.15) is 30.9 Å². The Kier molecular flexibility index (Phi) is 6.34. The van der Waals surface area contributed by atoms with Crippen LogP contribution in [0.5, 0.6) is 5.75 Å². The highest BCUT2D eigenvalue weighted by Crippen LogP contribution is 2.39. The molecule has 3 aromatic rings. The molecule has 0 spiro atoms. The first-order chi connectivity index (χ1) is 14.6. The molecule has 0 aliphatic rings. The first-order valence-corrected chi connectivity index (χ1v) is 11.0. The maximum atomic E-state index is 12.5. The highest BCUT2D eigenvalue weighted by atomic mass is 35.5. The molecule has 0 saturated carbocycles. The Labute approximate surface area is 183 Å². The molecule has 0 aliphatic carbocycles.